The van der Waals surface area contributed by atoms with Crippen molar-refractivity contribution >= 4 is 11.6 Å². The number of nitrogens with zero attached hydrogens (tertiary/aromatic N) is 2. The summed E-state index contributed by atoms with van der Waals surface area (Å²) < 4.78 is 13.1. The molecule has 0 aliphatic rings. The topological polar surface area (TPSA) is 16.1 Å². The maximum Gasteiger partial charge on any atom is 0.141 e. The minimum atomic E-state index is -0.303. The summed E-state index contributed by atoms with van der Waals surface area (Å²) in [6, 6.07) is 11.7. The van der Waals surface area contributed by atoms with Crippen LogP contribution in [0.5, 0.6) is 0 Å². The van der Waals surface area contributed by atoms with E-state index in [1.807, 2.05) is 18.2 Å². The number of rotatable bonds is 6. The molecule has 0 fully saturated rings. The van der Waals surface area contributed by atoms with Crippen LogP contribution >= 0.6 is 11.6 Å². The van der Waals surface area contributed by atoms with Crippen LogP contribution in [-0.2, 0) is 13.1 Å². The summed E-state index contributed by atoms with van der Waals surface area (Å²) in [6.07, 6.45) is 2.90. The summed E-state index contributed by atoms with van der Waals surface area (Å²) in [4.78, 5) is 6.05. The van der Waals surface area contributed by atoms with Gasteiger partial charge in [-0.05, 0) is 17.2 Å². The zero-order chi connectivity index (χ0) is 13.5. The molecule has 19 heavy (non-hydrogen) atoms. The van der Waals surface area contributed by atoms with Gasteiger partial charge >= 0.3 is 0 Å². The van der Waals surface area contributed by atoms with Crippen molar-refractivity contribution in [3.8, 4) is 0 Å². The third kappa shape index (κ3) is 4.62. The second kappa shape index (κ2) is 7.22. The predicted octanol–water partition coefficient (Wildman–Crippen LogP) is 3.46. The van der Waals surface area contributed by atoms with Gasteiger partial charge in [0.05, 0.1) is 6.20 Å². The van der Waals surface area contributed by atoms with Gasteiger partial charge in [0.25, 0.3) is 0 Å². The Hall–Kier alpha value is -1.45. The lowest BCUT2D eigenvalue weighted by Gasteiger charge is -2.21. The zero-order valence-electron chi connectivity index (χ0n) is 10.6. The molecule has 0 atom stereocenters. The summed E-state index contributed by atoms with van der Waals surface area (Å²) in [7, 11) is 0. The fourth-order valence-corrected chi connectivity index (χ4v) is 2.21. The molecule has 4 heteroatoms. The van der Waals surface area contributed by atoms with Gasteiger partial charge in [0.15, 0.2) is 0 Å². The van der Waals surface area contributed by atoms with Crippen LogP contribution in [0.15, 0.2) is 48.8 Å². The second-order valence-corrected chi connectivity index (χ2v) is 4.77. The molecule has 2 rings (SSSR count). The molecule has 0 amide bonds. The van der Waals surface area contributed by atoms with E-state index in [9.17, 15) is 4.39 Å². The van der Waals surface area contributed by atoms with Crippen molar-refractivity contribution in [3.63, 3.8) is 0 Å². The van der Waals surface area contributed by atoms with Crippen LogP contribution in [0.25, 0.3) is 0 Å². The Kier molecular flexibility index (Phi) is 5.31. The van der Waals surface area contributed by atoms with E-state index in [0.29, 0.717) is 12.4 Å². The van der Waals surface area contributed by atoms with E-state index in [-0.39, 0.29) is 5.82 Å². The molecule has 0 bridgehead atoms. The lowest BCUT2D eigenvalue weighted by molar-refractivity contribution is 0.272. The average molecular weight is 279 g/mol. The summed E-state index contributed by atoms with van der Waals surface area (Å²) in [6.45, 7) is 2.20. The normalized spacial score (nSPS) is 10.9. The minimum absolute atomic E-state index is 0.303. The first-order chi connectivity index (χ1) is 9.28. The number of pyridine rings is 1. The molecule has 0 spiro atoms. The van der Waals surface area contributed by atoms with Crippen molar-refractivity contribution in [2.45, 2.75) is 13.1 Å². The Bertz CT molecular complexity index is 505. The highest BCUT2D eigenvalue weighted by Crippen LogP contribution is 2.10. The molecule has 2 aromatic rings. The van der Waals surface area contributed by atoms with E-state index in [2.05, 4.69) is 22.0 Å². The van der Waals surface area contributed by atoms with Crippen molar-refractivity contribution in [2.24, 2.45) is 0 Å². The maximum absolute atomic E-state index is 13.1. The fourth-order valence-electron chi connectivity index (χ4n) is 1.98. The smallest absolute Gasteiger partial charge is 0.141 e. The number of hydrogen-bond donors (Lipinski definition) is 0. The van der Waals surface area contributed by atoms with Gasteiger partial charge in [-0.3, -0.25) is 9.88 Å². The predicted molar refractivity (Wildman–Crippen MR) is 75.5 cm³/mol. The molecule has 0 radical (unpaired) electrons. The highest BCUT2D eigenvalue weighted by molar-refractivity contribution is 6.18. The SMILES string of the molecule is Fc1cncc(CN(CCCl)Cc2ccccc2)c1. The molecule has 0 aliphatic heterocycles. The Morgan fingerprint density at radius 1 is 1.05 bits per heavy atom. The van der Waals surface area contributed by atoms with Crippen LogP contribution in [0.1, 0.15) is 11.1 Å². The first kappa shape index (κ1) is 14.0. The highest BCUT2D eigenvalue weighted by Gasteiger charge is 2.07. The molecule has 100 valence electrons. The third-order valence-corrected chi connectivity index (χ3v) is 2.99. The fraction of sp³-hybridized carbons (Fsp3) is 0.267. The maximum atomic E-state index is 13.1. The Morgan fingerprint density at radius 3 is 2.47 bits per heavy atom. The molecule has 1 aromatic heterocycles. The third-order valence-electron chi connectivity index (χ3n) is 2.82. The molecule has 0 aliphatic carbocycles. The number of alkyl halides is 1. The van der Waals surface area contributed by atoms with E-state index in [0.717, 1.165) is 18.7 Å². The molecule has 0 saturated carbocycles. The van der Waals surface area contributed by atoms with Gasteiger partial charge in [0.1, 0.15) is 5.82 Å². The Labute approximate surface area is 117 Å². The van der Waals surface area contributed by atoms with Gasteiger partial charge in [-0.25, -0.2) is 4.39 Å². The van der Waals surface area contributed by atoms with E-state index in [1.165, 1.54) is 17.8 Å². The van der Waals surface area contributed by atoms with E-state index >= 15 is 0 Å². The van der Waals surface area contributed by atoms with Crippen molar-refractivity contribution in [1.29, 1.82) is 0 Å². The molecule has 0 unspecified atom stereocenters. The van der Waals surface area contributed by atoms with Crippen LogP contribution in [-0.4, -0.2) is 22.3 Å². The van der Waals surface area contributed by atoms with Crippen molar-refractivity contribution in [3.05, 3.63) is 65.7 Å². The van der Waals surface area contributed by atoms with Crippen LogP contribution < -0.4 is 0 Å². The van der Waals surface area contributed by atoms with Crippen molar-refractivity contribution < 1.29 is 4.39 Å². The first-order valence-electron chi connectivity index (χ1n) is 6.19. The van der Waals surface area contributed by atoms with Gasteiger partial charge in [0.2, 0.25) is 0 Å². The minimum Gasteiger partial charge on any atom is -0.294 e. The largest absolute Gasteiger partial charge is 0.294 e. The number of aromatic nitrogens is 1. The molecule has 0 N–H and O–H groups in total. The van der Waals surface area contributed by atoms with Crippen LogP contribution in [0.3, 0.4) is 0 Å². The van der Waals surface area contributed by atoms with Gasteiger partial charge in [0, 0.05) is 31.7 Å². The standard InChI is InChI=1S/C15H16ClFN2/c16-6-7-19(11-13-4-2-1-3-5-13)12-14-8-15(17)10-18-9-14/h1-5,8-10H,6-7,11-12H2. The quantitative estimate of drug-likeness (QED) is 0.752. The van der Waals surface area contributed by atoms with Gasteiger partial charge < -0.3 is 0 Å². The Morgan fingerprint density at radius 2 is 1.79 bits per heavy atom. The molecular formula is C15H16ClFN2. The highest BCUT2D eigenvalue weighted by atomic mass is 35.5. The second-order valence-electron chi connectivity index (χ2n) is 4.40. The van der Waals surface area contributed by atoms with Gasteiger partial charge in [-0.1, -0.05) is 30.3 Å². The van der Waals surface area contributed by atoms with Crippen molar-refractivity contribution in [1.82, 2.24) is 9.88 Å². The molecular weight excluding hydrogens is 263 g/mol. The molecule has 0 saturated heterocycles. The van der Waals surface area contributed by atoms with E-state index in [4.69, 9.17) is 11.6 Å². The van der Waals surface area contributed by atoms with Crippen LogP contribution in [0, 0.1) is 5.82 Å². The van der Waals surface area contributed by atoms with E-state index < -0.39 is 0 Å². The van der Waals surface area contributed by atoms with Gasteiger partial charge in [-0.15, -0.1) is 11.6 Å². The summed E-state index contributed by atoms with van der Waals surface area (Å²) in [5, 5.41) is 0. The zero-order valence-corrected chi connectivity index (χ0v) is 11.4. The number of hydrogen-bond acceptors (Lipinski definition) is 2. The average Bonchev–Trinajstić information content (AvgIpc) is 2.40. The summed E-state index contributed by atoms with van der Waals surface area (Å²) in [5.74, 6) is 0.248. The summed E-state index contributed by atoms with van der Waals surface area (Å²) >= 11 is 5.83. The van der Waals surface area contributed by atoms with Crippen LogP contribution in [0.2, 0.25) is 0 Å². The Balaban J connectivity index is 2.04. The molecule has 2 nitrogen and oxygen atoms in total. The van der Waals surface area contributed by atoms with Crippen molar-refractivity contribution in [2.75, 3.05) is 12.4 Å². The summed E-state index contributed by atoms with van der Waals surface area (Å²) in [5.41, 5.74) is 2.08. The molecule has 1 heterocycles. The van der Waals surface area contributed by atoms with E-state index in [1.54, 1.807) is 6.20 Å². The molecule has 1 aromatic carbocycles. The lowest BCUT2D eigenvalue weighted by Crippen LogP contribution is -2.25. The first-order valence-corrected chi connectivity index (χ1v) is 6.73. The number of benzene rings is 1. The lowest BCUT2D eigenvalue weighted by atomic mass is 10.2. The monoisotopic (exact) mass is 278 g/mol. The number of halogens is 2. The van der Waals surface area contributed by atoms with Crippen LogP contribution in [0.4, 0.5) is 4.39 Å². The van der Waals surface area contributed by atoms with Gasteiger partial charge in [-0.2, -0.15) is 0 Å².